The second-order valence-corrected chi connectivity index (χ2v) is 5.88. The number of hydrogen-bond donors (Lipinski definition) is 2. The molecule has 0 aliphatic rings. The molecule has 0 aliphatic carbocycles. The fraction of sp³-hybridized carbons (Fsp3) is 0.222. The van der Waals surface area contributed by atoms with E-state index in [-0.39, 0.29) is 22.7 Å². The summed E-state index contributed by atoms with van der Waals surface area (Å²) in [5.41, 5.74) is 4.18. The number of nitrogens with one attached hydrogen (secondary N) is 2. The van der Waals surface area contributed by atoms with Gasteiger partial charge in [0.1, 0.15) is 11.3 Å². The maximum absolute atomic E-state index is 12.3. The molecule has 0 aromatic heterocycles. The summed E-state index contributed by atoms with van der Waals surface area (Å²) in [6, 6.07) is 12.1. The number of ether oxygens (including phenoxy) is 1. The van der Waals surface area contributed by atoms with E-state index in [1.54, 1.807) is 24.3 Å². The zero-order valence-corrected chi connectivity index (χ0v) is 14.4. The van der Waals surface area contributed by atoms with Gasteiger partial charge in [-0.25, -0.2) is 0 Å². The zero-order chi connectivity index (χ0) is 19.1. The number of carbonyl (C=O) groups is 2. The molecule has 0 heterocycles. The lowest BCUT2D eigenvalue weighted by molar-refractivity contribution is -0.385. The quantitative estimate of drug-likeness (QED) is 0.610. The fourth-order valence-electron chi connectivity index (χ4n) is 2.11. The van der Waals surface area contributed by atoms with E-state index in [1.165, 1.54) is 24.3 Å². The van der Waals surface area contributed by atoms with Crippen molar-refractivity contribution in [2.45, 2.75) is 13.8 Å². The van der Waals surface area contributed by atoms with Gasteiger partial charge in [0.15, 0.2) is 0 Å². The number of hydrazine groups is 1. The Bertz CT molecular complexity index is 820. The van der Waals surface area contributed by atoms with Crippen LogP contribution < -0.4 is 15.6 Å². The number of nitro benzene ring substituents is 1. The Hall–Kier alpha value is -3.42. The molecule has 8 heteroatoms. The highest BCUT2D eigenvalue weighted by atomic mass is 16.6. The normalized spacial score (nSPS) is 10.3. The molecule has 0 spiro atoms. The van der Waals surface area contributed by atoms with Gasteiger partial charge < -0.3 is 4.74 Å². The zero-order valence-electron chi connectivity index (χ0n) is 14.4. The fourth-order valence-corrected chi connectivity index (χ4v) is 2.11. The van der Waals surface area contributed by atoms with Crippen molar-refractivity contribution in [3.05, 3.63) is 69.8 Å². The first kappa shape index (κ1) is 18.9. The van der Waals surface area contributed by atoms with E-state index in [2.05, 4.69) is 10.9 Å². The van der Waals surface area contributed by atoms with Crippen molar-refractivity contribution in [3.8, 4) is 5.75 Å². The molecule has 0 unspecified atom stereocenters. The number of rotatable bonds is 6. The molecule has 0 bridgehead atoms. The lowest BCUT2D eigenvalue weighted by Crippen LogP contribution is -2.42. The summed E-state index contributed by atoms with van der Waals surface area (Å²) >= 11 is 0. The number of hydrogen-bond acceptors (Lipinski definition) is 5. The minimum atomic E-state index is -0.786. The first-order valence-electron chi connectivity index (χ1n) is 7.96. The highest BCUT2D eigenvalue weighted by Crippen LogP contribution is 2.19. The molecule has 0 radical (unpaired) electrons. The number of nitrogens with zero attached hydrogens (tertiary/aromatic N) is 1. The van der Waals surface area contributed by atoms with E-state index in [0.29, 0.717) is 12.4 Å². The molecular formula is C18H19N3O5. The third-order valence-corrected chi connectivity index (χ3v) is 3.34. The minimum absolute atomic E-state index is 0.151. The predicted molar refractivity (Wildman–Crippen MR) is 94.8 cm³/mol. The van der Waals surface area contributed by atoms with E-state index in [1.807, 2.05) is 13.8 Å². The highest BCUT2D eigenvalue weighted by Gasteiger charge is 2.20. The maximum Gasteiger partial charge on any atom is 0.282 e. The first-order chi connectivity index (χ1) is 12.4. The van der Waals surface area contributed by atoms with Crippen molar-refractivity contribution in [1.82, 2.24) is 10.9 Å². The smallest absolute Gasteiger partial charge is 0.282 e. The molecule has 0 fully saturated rings. The summed E-state index contributed by atoms with van der Waals surface area (Å²) in [5.74, 6) is -0.703. The van der Waals surface area contributed by atoms with Gasteiger partial charge in [0.25, 0.3) is 17.5 Å². The van der Waals surface area contributed by atoms with Crippen molar-refractivity contribution in [1.29, 1.82) is 0 Å². The molecule has 8 nitrogen and oxygen atoms in total. The SMILES string of the molecule is CC(C)COc1ccccc1C(=O)NNC(=O)c1ccccc1[N+](=O)[O-]. The average Bonchev–Trinajstić information content (AvgIpc) is 2.64. The summed E-state index contributed by atoms with van der Waals surface area (Å²) in [5, 5.41) is 11.0. The third kappa shape index (κ3) is 4.79. The Labute approximate surface area is 150 Å². The standard InChI is InChI=1S/C18H19N3O5/c1-12(2)11-26-16-10-6-4-8-14(16)18(23)20-19-17(22)13-7-3-5-9-15(13)21(24)25/h3-10,12H,11H2,1-2H3,(H,19,22)(H,20,23). The summed E-state index contributed by atoms with van der Waals surface area (Å²) in [6.45, 7) is 4.40. The van der Waals surface area contributed by atoms with Crippen molar-refractivity contribution < 1.29 is 19.2 Å². The molecule has 2 rings (SSSR count). The molecule has 2 amide bonds. The van der Waals surface area contributed by atoms with Gasteiger partial charge in [-0.05, 0) is 24.1 Å². The lowest BCUT2D eigenvalue weighted by Gasteiger charge is -2.13. The number of para-hydroxylation sites is 2. The summed E-state index contributed by atoms with van der Waals surface area (Å²) in [7, 11) is 0. The van der Waals surface area contributed by atoms with Crippen LogP contribution >= 0.6 is 0 Å². The Morgan fingerprint density at radius 3 is 2.15 bits per heavy atom. The van der Waals surface area contributed by atoms with Crippen molar-refractivity contribution in [2.24, 2.45) is 5.92 Å². The van der Waals surface area contributed by atoms with Crippen LogP contribution in [0.5, 0.6) is 5.75 Å². The third-order valence-electron chi connectivity index (χ3n) is 3.34. The molecule has 2 N–H and O–H groups in total. The molecule has 0 saturated heterocycles. The van der Waals surface area contributed by atoms with E-state index in [0.717, 1.165) is 0 Å². The van der Waals surface area contributed by atoms with Crippen LogP contribution in [0.3, 0.4) is 0 Å². The predicted octanol–water partition coefficient (Wildman–Crippen LogP) is 2.70. The second kappa shape index (κ2) is 8.61. The molecule has 136 valence electrons. The van der Waals surface area contributed by atoms with Crippen molar-refractivity contribution in [2.75, 3.05) is 6.61 Å². The van der Waals surface area contributed by atoms with Gasteiger partial charge in [0, 0.05) is 6.07 Å². The second-order valence-electron chi connectivity index (χ2n) is 5.88. The van der Waals surface area contributed by atoms with Crippen molar-refractivity contribution >= 4 is 17.5 Å². The average molecular weight is 357 g/mol. The van der Waals surface area contributed by atoms with E-state index < -0.39 is 16.7 Å². The maximum atomic E-state index is 12.3. The largest absolute Gasteiger partial charge is 0.492 e. The van der Waals surface area contributed by atoms with Crippen LogP contribution in [0.15, 0.2) is 48.5 Å². The summed E-state index contributed by atoms with van der Waals surface area (Å²) in [4.78, 5) is 34.8. The highest BCUT2D eigenvalue weighted by molar-refractivity contribution is 6.02. The number of amides is 2. The number of benzene rings is 2. The van der Waals surface area contributed by atoms with Gasteiger partial charge in [0.2, 0.25) is 0 Å². The Kier molecular flexibility index (Phi) is 6.26. The Morgan fingerprint density at radius 2 is 1.54 bits per heavy atom. The minimum Gasteiger partial charge on any atom is -0.492 e. The molecule has 0 aliphatic heterocycles. The molecular weight excluding hydrogens is 338 g/mol. The summed E-state index contributed by atoms with van der Waals surface area (Å²) < 4.78 is 5.60. The molecule has 26 heavy (non-hydrogen) atoms. The molecule has 2 aromatic rings. The van der Waals surface area contributed by atoms with Gasteiger partial charge in [-0.15, -0.1) is 0 Å². The number of nitro groups is 1. The topological polar surface area (TPSA) is 111 Å². The van der Waals surface area contributed by atoms with Crippen LogP contribution in [0.4, 0.5) is 5.69 Å². The van der Waals surface area contributed by atoms with Gasteiger partial charge in [0.05, 0.1) is 17.1 Å². The van der Waals surface area contributed by atoms with Crippen LogP contribution in [-0.4, -0.2) is 23.3 Å². The van der Waals surface area contributed by atoms with Crippen LogP contribution in [0, 0.1) is 16.0 Å². The van der Waals surface area contributed by atoms with Crippen LogP contribution in [-0.2, 0) is 0 Å². The van der Waals surface area contributed by atoms with E-state index >= 15 is 0 Å². The lowest BCUT2D eigenvalue weighted by atomic mass is 10.1. The molecule has 2 aromatic carbocycles. The van der Waals surface area contributed by atoms with Gasteiger partial charge >= 0.3 is 0 Å². The number of carbonyl (C=O) groups excluding carboxylic acids is 2. The van der Waals surface area contributed by atoms with Gasteiger partial charge in [-0.2, -0.15) is 0 Å². The monoisotopic (exact) mass is 357 g/mol. The van der Waals surface area contributed by atoms with Gasteiger partial charge in [-0.1, -0.05) is 38.1 Å². The Balaban J connectivity index is 2.08. The summed E-state index contributed by atoms with van der Waals surface area (Å²) in [6.07, 6.45) is 0. The van der Waals surface area contributed by atoms with Gasteiger partial charge in [-0.3, -0.25) is 30.6 Å². The van der Waals surface area contributed by atoms with E-state index in [4.69, 9.17) is 4.74 Å². The Morgan fingerprint density at radius 1 is 1.00 bits per heavy atom. The van der Waals surface area contributed by atoms with Crippen LogP contribution in [0.25, 0.3) is 0 Å². The van der Waals surface area contributed by atoms with E-state index in [9.17, 15) is 19.7 Å². The van der Waals surface area contributed by atoms with Crippen LogP contribution in [0.1, 0.15) is 34.6 Å². The first-order valence-corrected chi connectivity index (χ1v) is 7.96. The van der Waals surface area contributed by atoms with Crippen LogP contribution in [0.2, 0.25) is 0 Å². The van der Waals surface area contributed by atoms with Crippen molar-refractivity contribution in [3.63, 3.8) is 0 Å². The molecule has 0 atom stereocenters. The molecule has 0 saturated carbocycles.